The molecule has 0 saturated carbocycles. The van der Waals surface area contributed by atoms with Crippen molar-refractivity contribution in [1.82, 2.24) is 10.3 Å². The number of carbonyl (C=O) groups excluding carboxylic acids is 1. The predicted octanol–water partition coefficient (Wildman–Crippen LogP) is 2.31. The second-order valence-electron chi connectivity index (χ2n) is 5.22. The van der Waals surface area contributed by atoms with E-state index in [1.54, 1.807) is 6.07 Å². The van der Waals surface area contributed by atoms with Crippen LogP contribution in [0.4, 0.5) is 5.69 Å². The molecule has 1 aromatic carbocycles. The molecule has 1 atom stereocenters. The number of para-hydroxylation sites is 1. The molecule has 1 unspecified atom stereocenters. The summed E-state index contributed by atoms with van der Waals surface area (Å²) in [5, 5.41) is 23.1. The van der Waals surface area contributed by atoms with Gasteiger partial charge in [0, 0.05) is 18.0 Å². The van der Waals surface area contributed by atoms with Gasteiger partial charge in [-0.25, -0.2) is 0 Å². The smallest absolute Gasteiger partial charge is 0.308 e. The molecule has 0 aliphatic rings. The van der Waals surface area contributed by atoms with Crippen LogP contribution in [-0.4, -0.2) is 33.4 Å². The van der Waals surface area contributed by atoms with Gasteiger partial charge in [-0.05, 0) is 12.5 Å². The molecule has 0 radical (unpaired) electrons. The first kappa shape index (κ1) is 16.5. The Labute approximate surface area is 131 Å². The van der Waals surface area contributed by atoms with Crippen LogP contribution >= 0.6 is 0 Å². The van der Waals surface area contributed by atoms with Crippen molar-refractivity contribution in [2.45, 2.75) is 19.8 Å². The number of carboxylic acids is 1. The second-order valence-corrected chi connectivity index (χ2v) is 5.22. The highest BCUT2D eigenvalue weighted by Gasteiger charge is 2.20. The minimum Gasteiger partial charge on any atom is -0.481 e. The third-order valence-electron chi connectivity index (χ3n) is 3.57. The molecule has 0 aliphatic carbocycles. The standard InChI is InChI=1S/C15H17N3O5/c1-2-4-10(15(20)21)8-16-14(19)11-7-9-5-3-6-12(18(22)23)13(9)17-11/h3,5-7,10,17H,2,4,8H2,1H3,(H,16,19)(H,20,21). The molecule has 1 aromatic heterocycles. The molecule has 8 nitrogen and oxygen atoms in total. The first-order valence-electron chi connectivity index (χ1n) is 7.21. The Morgan fingerprint density at radius 3 is 2.78 bits per heavy atom. The average Bonchev–Trinajstić information content (AvgIpc) is 2.94. The van der Waals surface area contributed by atoms with Crippen molar-refractivity contribution in [3.05, 3.63) is 40.1 Å². The zero-order valence-corrected chi connectivity index (χ0v) is 12.5. The van der Waals surface area contributed by atoms with Gasteiger partial charge in [-0.1, -0.05) is 25.5 Å². The number of non-ortho nitro benzene ring substituents is 1. The summed E-state index contributed by atoms with van der Waals surface area (Å²) >= 11 is 0. The Morgan fingerprint density at radius 2 is 2.17 bits per heavy atom. The minimum atomic E-state index is -0.959. The molecule has 1 amide bonds. The number of H-pyrrole nitrogens is 1. The number of nitrogens with one attached hydrogen (secondary N) is 2. The summed E-state index contributed by atoms with van der Waals surface area (Å²) in [6.45, 7) is 1.88. The molecule has 2 aromatic rings. The third kappa shape index (κ3) is 3.65. The van der Waals surface area contributed by atoms with Gasteiger partial charge in [0.1, 0.15) is 11.2 Å². The average molecular weight is 319 g/mol. The number of hydrogen-bond acceptors (Lipinski definition) is 4. The quantitative estimate of drug-likeness (QED) is 0.533. The first-order valence-corrected chi connectivity index (χ1v) is 7.21. The molecular formula is C15H17N3O5. The number of nitro benzene ring substituents is 1. The summed E-state index contributed by atoms with van der Waals surface area (Å²) in [6, 6.07) is 6.06. The fourth-order valence-corrected chi connectivity index (χ4v) is 2.39. The van der Waals surface area contributed by atoms with Crippen LogP contribution in [0.25, 0.3) is 10.9 Å². The lowest BCUT2D eigenvalue weighted by Gasteiger charge is -2.11. The molecule has 0 spiro atoms. The van der Waals surface area contributed by atoms with Crippen LogP contribution in [0, 0.1) is 16.0 Å². The van der Waals surface area contributed by atoms with E-state index in [9.17, 15) is 19.7 Å². The Hall–Kier alpha value is -2.90. The van der Waals surface area contributed by atoms with Crippen LogP contribution in [-0.2, 0) is 4.79 Å². The van der Waals surface area contributed by atoms with Gasteiger partial charge >= 0.3 is 5.97 Å². The van der Waals surface area contributed by atoms with Crippen LogP contribution in [0.3, 0.4) is 0 Å². The van der Waals surface area contributed by atoms with E-state index in [1.165, 1.54) is 18.2 Å². The zero-order valence-electron chi connectivity index (χ0n) is 12.5. The molecule has 122 valence electrons. The van der Waals surface area contributed by atoms with Gasteiger partial charge in [-0.2, -0.15) is 0 Å². The van der Waals surface area contributed by atoms with E-state index in [4.69, 9.17) is 5.11 Å². The Kier molecular flexibility index (Phi) is 4.95. The molecule has 0 bridgehead atoms. The number of hydrogen-bond donors (Lipinski definition) is 3. The summed E-state index contributed by atoms with van der Waals surface area (Å²) < 4.78 is 0. The van der Waals surface area contributed by atoms with Crippen molar-refractivity contribution in [3.8, 4) is 0 Å². The number of aromatic amines is 1. The molecule has 3 N–H and O–H groups in total. The first-order chi connectivity index (χ1) is 10.9. The highest BCUT2D eigenvalue weighted by molar-refractivity contribution is 6.00. The van der Waals surface area contributed by atoms with Gasteiger partial charge in [-0.3, -0.25) is 19.7 Å². The molecule has 1 heterocycles. The number of amides is 1. The number of nitrogens with zero attached hydrogens (tertiary/aromatic N) is 1. The lowest BCUT2D eigenvalue weighted by molar-refractivity contribution is -0.383. The summed E-state index contributed by atoms with van der Waals surface area (Å²) in [5.74, 6) is -2.10. The number of aromatic nitrogens is 1. The fraction of sp³-hybridized carbons (Fsp3) is 0.333. The van der Waals surface area contributed by atoms with Crippen LogP contribution in [0.15, 0.2) is 24.3 Å². The Morgan fingerprint density at radius 1 is 1.43 bits per heavy atom. The van der Waals surface area contributed by atoms with E-state index in [2.05, 4.69) is 10.3 Å². The maximum Gasteiger partial charge on any atom is 0.308 e. The van der Waals surface area contributed by atoms with Gasteiger partial charge in [0.2, 0.25) is 0 Å². The number of carbonyl (C=O) groups is 2. The summed E-state index contributed by atoms with van der Waals surface area (Å²) in [7, 11) is 0. The van der Waals surface area contributed by atoms with E-state index in [1.807, 2.05) is 6.92 Å². The van der Waals surface area contributed by atoms with E-state index in [0.717, 1.165) is 0 Å². The molecule has 23 heavy (non-hydrogen) atoms. The number of fused-ring (bicyclic) bond motifs is 1. The lowest BCUT2D eigenvalue weighted by atomic mass is 10.0. The Balaban J connectivity index is 2.17. The zero-order chi connectivity index (χ0) is 17.0. The van der Waals surface area contributed by atoms with Gasteiger partial charge in [0.05, 0.1) is 10.8 Å². The van der Waals surface area contributed by atoms with Crippen molar-refractivity contribution in [2.24, 2.45) is 5.92 Å². The summed E-state index contributed by atoms with van der Waals surface area (Å²) in [5.41, 5.74) is 0.317. The summed E-state index contributed by atoms with van der Waals surface area (Å²) in [4.78, 5) is 36.4. The maximum absolute atomic E-state index is 12.1. The van der Waals surface area contributed by atoms with Crippen molar-refractivity contribution in [1.29, 1.82) is 0 Å². The number of aliphatic carboxylic acids is 1. The van der Waals surface area contributed by atoms with Crippen molar-refractivity contribution in [2.75, 3.05) is 6.54 Å². The minimum absolute atomic E-state index is 0.0134. The number of carboxylic acid groups (broad SMARTS) is 1. The SMILES string of the molecule is CCCC(CNC(=O)c1cc2cccc([N+](=O)[O-])c2[nH]1)C(=O)O. The van der Waals surface area contributed by atoms with E-state index >= 15 is 0 Å². The van der Waals surface area contributed by atoms with E-state index in [-0.39, 0.29) is 23.4 Å². The molecular weight excluding hydrogens is 302 g/mol. The molecule has 0 saturated heterocycles. The van der Waals surface area contributed by atoms with Crippen LogP contribution in [0.5, 0.6) is 0 Å². The van der Waals surface area contributed by atoms with Crippen molar-refractivity contribution in [3.63, 3.8) is 0 Å². The van der Waals surface area contributed by atoms with Crippen LogP contribution < -0.4 is 5.32 Å². The third-order valence-corrected chi connectivity index (χ3v) is 3.57. The number of rotatable bonds is 7. The Bertz CT molecular complexity index is 753. The monoisotopic (exact) mass is 319 g/mol. The molecule has 2 rings (SSSR count). The molecule has 0 aliphatic heterocycles. The fourth-order valence-electron chi connectivity index (χ4n) is 2.39. The topological polar surface area (TPSA) is 125 Å². The molecule has 8 heteroatoms. The number of benzene rings is 1. The highest BCUT2D eigenvalue weighted by Crippen LogP contribution is 2.25. The number of nitro groups is 1. The van der Waals surface area contributed by atoms with Crippen molar-refractivity contribution < 1.29 is 19.6 Å². The second kappa shape index (κ2) is 6.91. The largest absolute Gasteiger partial charge is 0.481 e. The van der Waals surface area contributed by atoms with Gasteiger partial charge < -0.3 is 15.4 Å². The highest BCUT2D eigenvalue weighted by atomic mass is 16.6. The predicted molar refractivity (Wildman–Crippen MR) is 83.3 cm³/mol. The van der Waals surface area contributed by atoms with Crippen LogP contribution in [0.2, 0.25) is 0 Å². The molecule has 0 fully saturated rings. The maximum atomic E-state index is 12.1. The van der Waals surface area contributed by atoms with E-state index in [0.29, 0.717) is 18.2 Å². The van der Waals surface area contributed by atoms with Crippen LogP contribution in [0.1, 0.15) is 30.3 Å². The van der Waals surface area contributed by atoms with Crippen molar-refractivity contribution >= 4 is 28.5 Å². The normalized spacial score (nSPS) is 12.0. The van der Waals surface area contributed by atoms with Gasteiger partial charge in [0.15, 0.2) is 0 Å². The van der Waals surface area contributed by atoms with Gasteiger partial charge in [0.25, 0.3) is 11.6 Å². The van der Waals surface area contributed by atoms with E-state index < -0.39 is 22.7 Å². The van der Waals surface area contributed by atoms with Gasteiger partial charge in [-0.15, -0.1) is 0 Å². The lowest BCUT2D eigenvalue weighted by Crippen LogP contribution is -2.33. The summed E-state index contributed by atoms with van der Waals surface area (Å²) in [6.07, 6.45) is 1.17.